The third-order valence-electron chi connectivity index (χ3n) is 2.06. The van der Waals surface area contributed by atoms with E-state index in [9.17, 15) is 9.18 Å². The number of carbonyl (C=O) groups is 1. The van der Waals surface area contributed by atoms with E-state index >= 15 is 0 Å². The molecule has 0 saturated carbocycles. The van der Waals surface area contributed by atoms with Crippen molar-refractivity contribution in [3.63, 3.8) is 0 Å². The fourth-order valence-electron chi connectivity index (χ4n) is 1.21. The Labute approximate surface area is 100 Å². The van der Waals surface area contributed by atoms with Crippen molar-refractivity contribution in [3.8, 4) is 0 Å². The lowest BCUT2D eigenvalue weighted by molar-refractivity contribution is 0.0696. The molecule has 88 valence electrons. The SMILES string of the molecule is O=C(O)c1ccc(CSc2ncn[nH]2)c(F)c1. The van der Waals surface area contributed by atoms with Crippen LogP contribution in [-0.2, 0) is 5.75 Å². The zero-order valence-electron chi connectivity index (χ0n) is 8.55. The van der Waals surface area contributed by atoms with Crippen LogP contribution in [0.25, 0.3) is 0 Å². The molecule has 2 aromatic rings. The van der Waals surface area contributed by atoms with Gasteiger partial charge in [-0.2, -0.15) is 5.10 Å². The Morgan fingerprint density at radius 1 is 1.53 bits per heavy atom. The van der Waals surface area contributed by atoms with E-state index in [1.807, 2.05) is 0 Å². The molecule has 0 aliphatic heterocycles. The number of hydrogen-bond donors (Lipinski definition) is 2. The quantitative estimate of drug-likeness (QED) is 0.814. The Morgan fingerprint density at radius 3 is 2.94 bits per heavy atom. The topological polar surface area (TPSA) is 78.9 Å². The molecule has 1 aromatic carbocycles. The maximum absolute atomic E-state index is 13.5. The molecule has 5 nitrogen and oxygen atoms in total. The van der Waals surface area contributed by atoms with E-state index < -0.39 is 11.8 Å². The van der Waals surface area contributed by atoms with Crippen LogP contribution in [0.1, 0.15) is 15.9 Å². The van der Waals surface area contributed by atoms with Gasteiger partial charge in [-0.3, -0.25) is 5.10 Å². The van der Waals surface area contributed by atoms with Gasteiger partial charge < -0.3 is 5.11 Å². The monoisotopic (exact) mass is 253 g/mol. The van der Waals surface area contributed by atoms with Gasteiger partial charge in [0.25, 0.3) is 0 Å². The molecule has 7 heteroatoms. The van der Waals surface area contributed by atoms with E-state index in [0.717, 1.165) is 6.07 Å². The summed E-state index contributed by atoms with van der Waals surface area (Å²) in [4.78, 5) is 14.5. The number of carboxylic acids is 1. The minimum Gasteiger partial charge on any atom is -0.478 e. The zero-order chi connectivity index (χ0) is 12.3. The van der Waals surface area contributed by atoms with Crippen molar-refractivity contribution < 1.29 is 14.3 Å². The fraction of sp³-hybridized carbons (Fsp3) is 0.100. The highest BCUT2D eigenvalue weighted by Crippen LogP contribution is 2.21. The van der Waals surface area contributed by atoms with Crippen LogP contribution in [0.2, 0.25) is 0 Å². The van der Waals surface area contributed by atoms with Crippen LogP contribution >= 0.6 is 11.8 Å². The summed E-state index contributed by atoms with van der Waals surface area (Å²) in [7, 11) is 0. The Kier molecular flexibility index (Phi) is 3.38. The highest BCUT2D eigenvalue weighted by molar-refractivity contribution is 7.98. The third-order valence-corrected chi connectivity index (χ3v) is 2.98. The molecule has 2 N–H and O–H groups in total. The first-order valence-electron chi connectivity index (χ1n) is 4.66. The number of halogens is 1. The second-order valence-corrected chi connectivity index (χ2v) is 4.15. The van der Waals surface area contributed by atoms with Gasteiger partial charge in [0, 0.05) is 5.75 Å². The van der Waals surface area contributed by atoms with Crippen LogP contribution in [0.5, 0.6) is 0 Å². The molecule has 0 atom stereocenters. The molecule has 0 bridgehead atoms. The number of H-pyrrole nitrogens is 1. The molecule has 0 unspecified atom stereocenters. The Hall–Kier alpha value is -1.89. The number of hydrogen-bond acceptors (Lipinski definition) is 4. The van der Waals surface area contributed by atoms with Gasteiger partial charge in [0.15, 0.2) is 5.16 Å². The molecule has 0 spiro atoms. The summed E-state index contributed by atoms with van der Waals surface area (Å²) in [5, 5.41) is 15.6. The van der Waals surface area contributed by atoms with Crippen LogP contribution in [0.4, 0.5) is 4.39 Å². The minimum absolute atomic E-state index is 0.0593. The first kappa shape index (κ1) is 11.6. The summed E-state index contributed by atoms with van der Waals surface area (Å²) in [6.07, 6.45) is 1.37. The van der Waals surface area contributed by atoms with E-state index in [-0.39, 0.29) is 5.56 Å². The number of aromatic carboxylic acids is 1. The lowest BCUT2D eigenvalue weighted by Gasteiger charge is -2.02. The summed E-state index contributed by atoms with van der Waals surface area (Å²) >= 11 is 1.29. The van der Waals surface area contributed by atoms with Gasteiger partial charge in [-0.15, -0.1) is 0 Å². The zero-order valence-corrected chi connectivity index (χ0v) is 9.37. The molecule has 0 amide bonds. The van der Waals surface area contributed by atoms with E-state index in [0.29, 0.717) is 16.5 Å². The van der Waals surface area contributed by atoms with E-state index in [4.69, 9.17) is 5.11 Å². The molecule has 1 heterocycles. The van der Waals surface area contributed by atoms with E-state index in [1.54, 1.807) is 0 Å². The highest BCUT2D eigenvalue weighted by Gasteiger charge is 2.09. The van der Waals surface area contributed by atoms with Crippen LogP contribution < -0.4 is 0 Å². The molecule has 0 radical (unpaired) electrons. The summed E-state index contributed by atoms with van der Waals surface area (Å²) in [5.74, 6) is -1.31. The minimum atomic E-state index is -1.14. The van der Waals surface area contributed by atoms with Crippen molar-refractivity contribution in [3.05, 3.63) is 41.5 Å². The average molecular weight is 253 g/mol. The highest BCUT2D eigenvalue weighted by atomic mass is 32.2. The smallest absolute Gasteiger partial charge is 0.335 e. The lowest BCUT2D eigenvalue weighted by Crippen LogP contribution is -1.98. The normalized spacial score (nSPS) is 10.4. The maximum Gasteiger partial charge on any atom is 0.335 e. The third kappa shape index (κ3) is 2.82. The number of benzene rings is 1. The molecular formula is C10H8FN3O2S. The molecule has 1 aromatic heterocycles. The molecule has 0 saturated heterocycles. The average Bonchev–Trinajstić information content (AvgIpc) is 2.80. The Morgan fingerprint density at radius 2 is 2.35 bits per heavy atom. The largest absolute Gasteiger partial charge is 0.478 e. The number of aromatic nitrogens is 3. The van der Waals surface area contributed by atoms with Gasteiger partial charge in [0.2, 0.25) is 0 Å². The molecular weight excluding hydrogens is 245 g/mol. The van der Waals surface area contributed by atoms with Crippen molar-refractivity contribution in [1.82, 2.24) is 15.2 Å². The van der Waals surface area contributed by atoms with Gasteiger partial charge in [-0.25, -0.2) is 14.2 Å². The van der Waals surface area contributed by atoms with Crippen LogP contribution in [-0.4, -0.2) is 26.3 Å². The summed E-state index contributed by atoms with van der Waals surface area (Å²) < 4.78 is 13.5. The second-order valence-electron chi connectivity index (χ2n) is 3.19. The van der Waals surface area contributed by atoms with Crippen molar-refractivity contribution in [1.29, 1.82) is 0 Å². The van der Waals surface area contributed by atoms with Gasteiger partial charge in [0.1, 0.15) is 12.1 Å². The predicted molar refractivity (Wildman–Crippen MR) is 59.3 cm³/mol. The van der Waals surface area contributed by atoms with Crippen LogP contribution in [0.3, 0.4) is 0 Å². The molecule has 17 heavy (non-hydrogen) atoms. The Balaban J connectivity index is 2.09. The number of aromatic amines is 1. The van der Waals surface area contributed by atoms with Crippen LogP contribution in [0, 0.1) is 5.82 Å². The standard InChI is InChI=1S/C10H8FN3O2S/c11-8-3-6(9(15)16)1-2-7(8)4-17-10-12-5-13-14-10/h1-3,5H,4H2,(H,15,16)(H,12,13,14). The molecule has 0 aliphatic rings. The fourth-order valence-corrected chi connectivity index (χ4v) is 1.97. The van der Waals surface area contributed by atoms with E-state index in [1.165, 1.54) is 30.2 Å². The van der Waals surface area contributed by atoms with Crippen molar-refractivity contribution in [2.75, 3.05) is 0 Å². The number of nitrogens with one attached hydrogen (secondary N) is 1. The number of carboxylic acid groups (broad SMARTS) is 1. The van der Waals surface area contributed by atoms with Crippen molar-refractivity contribution >= 4 is 17.7 Å². The summed E-state index contributed by atoms with van der Waals surface area (Å²) in [5.41, 5.74) is 0.368. The van der Waals surface area contributed by atoms with Gasteiger partial charge in [-0.1, -0.05) is 17.8 Å². The van der Waals surface area contributed by atoms with Gasteiger partial charge >= 0.3 is 5.97 Å². The lowest BCUT2D eigenvalue weighted by atomic mass is 10.1. The first-order valence-corrected chi connectivity index (χ1v) is 5.65. The first-order chi connectivity index (χ1) is 8.16. The molecule has 0 fully saturated rings. The maximum atomic E-state index is 13.5. The Bertz CT molecular complexity index is 530. The number of thioether (sulfide) groups is 1. The summed E-state index contributed by atoms with van der Waals surface area (Å²) in [6, 6.07) is 3.85. The van der Waals surface area contributed by atoms with Gasteiger partial charge in [0.05, 0.1) is 5.56 Å². The van der Waals surface area contributed by atoms with Crippen LogP contribution in [0.15, 0.2) is 29.7 Å². The van der Waals surface area contributed by atoms with Gasteiger partial charge in [-0.05, 0) is 17.7 Å². The predicted octanol–water partition coefficient (Wildman–Crippen LogP) is 1.93. The van der Waals surface area contributed by atoms with Crippen molar-refractivity contribution in [2.45, 2.75) is 10.9 Å². The van der Waals surface area contributed by atoms with Crippen molar-refractivity contribution in [2.24, 2.45) is 0 Å². The molecule has 0 aliphatic carbocycles. The number of nitrogens with zero attached hydrogens (tertiary/aromatic N) is 2. The molecule has 2 rings (SSSR count). The second kappa shape index (κ2) is 4.96. The number of rotatable bonds is 4. The summed E-state index contributed by atoms with van der Waals surface area (Å²) in [6.45, 7) is 0. The van der Waals surface area contributed by atoms with E-state index in [2.05, 4.69) is 15.2 Å².